The quantitative estimate of drug-likeness (QED) is 0.0923. The second-order valence-corrected chi connectivity index (χ2v) is 14.0. The molecule has 280 valence electrons. The van der Waals surface area contributed by atoms with Crippen LogP contribution in [0.3, 0.4) is 0 Å². The van der Waals surface area contributed by atoms with Crippen LogP contribution in [0.2, 0.25) is 0 Å². The fraction of sp³-hybridized carbons (Fsp3) is 0.0769. The van der Waals surface area contributed by atoms with Gasteiger partial charge in [-0.25, -0.2) is 0 Å². The van der Waals surface area contributed by atoms with Crippen molar-refractivity contribution in [3.63, 3.8) is 0 Å². The van der Waals surface area contributed by atoms with E-state index in [4.69, 9.17) is 0 Å². The van der Waals surface area contributed by atoms with Gasteiger partial charge >= 0.3 is 30.2 Å². The van der Waals surface area contributed by atoms with Gasteiger partial charge in [-0.3, -0.25) is 0 Å². The molecule has 0 amide bonds. The predicted octanol–water partition coefficient (Wildman–Crippen LogP) is 15.7. The first kappa shape index (κ1) is 44.4. The first-order valence-corrected chi connectivity index (χ1v) is 22.0. The third-order valence-electron chi connectivity index (χ3n) is 10.6. The average molecular weight is 861 g/mol. The minimum absolute atomic E-state index is 0. The summed E-state index contributed by atoms with van der Waals surface area (Å²) in [7, 11) is 0. The second-order valence-electron chi connectivity index (χ2n) is 14.0. The van der Waals surface area contributed by atoms with Crippen LogP contribution < -0.4 is 0 Å². The Labute approximate surface area is 361 Å². The van der Waals surface area contributed by atoms with E-state index in [1.165, 1.54) is 132 Å². The fourth-order valence-electron chi connectivity index (χ4n) is 8.05. The molecule has 4 heteroatoms. The summed E-state index contributed by atoms with van der Waals surface area (Å²) < 4.78 is 0. The van der Waals surface area contributed by atoms with Gasteiger partial charge in [-0.05, 0) is 78.5 Å². The van der Waals surface area contributed by atoms with Crippen molar-refractivity contribution in [2.45, 2.75) is 27.7 Å². The summed E-state index contributed by atoms with van der Waals surface area (Å²) in [6, 6.07) is 58.0. The predicted molar refractivity (Wildman–Crippen MR) is 252 cm³/mol. The molecular formula is C52H46Cl2SiZr-4. The number of hydrogen-bond acceptors (Lipinski definition) is 0. The molecule has 0 aromatic heterocycles. The molecular weight excluding hydrogens is 815 g/mol. The van der Waals surface area contributed by atoms with Crippen molar-refractivity contribution >= 4 is 96.3 Å². The van der Waals surface area contributed by atoms with Gasteiger partial charge in [-0.2, -0.15) is 12.1 Å². The van der Waals surface area contributed by atoms with Crippen LogP contribution in [0.1, 0.15) is 22.3 Å². The third-order valence-corrected chi connectivity index (χ3v) is 10.6. The van der Waals surface area contributed by atoms with Crippen molar-refractivity contribution in [2.24, 2.45) is 0 Å². The molecule has 0 spiro atoms. The zero-order valence-electron chi connectivity index (χ0n) is 32.8. The van der Waals surface area contributed by atoms with Crippen LogP contribution in [-0.2, 0) is 23.3 Å². The van der Waals surface area contributed by atoms with E-state index in [1.54, 1.807) is 0 Å². The van der Waals surface area contributed by atoms with E-state index in [2.05, 4.69) is 192 Å². The summed E-state index contributed by atoms with van der Waals surface area (Å²) in [5.41, 5.74) is 10.6. The summed E-state index contributed by atoms with van der Waals surface area (Å²) in [5, 5.41) is 15.9. The third kappa shape index (κ3) is 8.23. The molecule has 0 atom stereocenters. The first-order valence-electron chi connectivity index (χ1n) is 17.8. The van der Waals surface area contributed by atoms with Gasteiger partial charge < -0.3 is 14.9 Å². The molecule has 0 saturated heterocycles. The molecule has 0 unspecified atom stereocenters. The molecule has 0 saturated carbocycles. The zero-order chi connectivity index (χ0) is 35.9. The van der Waals surface area contributed by atoms with Crippen LogP contribution in [-0.4, -0.2) is 6.88 Å². The Hall–Kier alpha value is -4.30. The van der Waals surface area contributed by atoms with E-state index in [-0.39, 0.29) is 39.7 Å². The molecule has 0 N–H and O–H groups in total. The number of halogens is 2. The molecule has 10 aromatic rings. The fourth-order valence-corrected chi connectivity index (χ4v) is 8.05. The van der Waals surface area contributed by atoms with Gasteiger partial charge in [0.05, 0.1) is 0 Å². The molecule has 0 aliphatic carbocycles. The van der Waals surface area contributed by atoms with Crippen LogP contribution in [0.15, 0.2) is 158 Å². The Morgan fingerprint density at radius 3 is 1.05 bits per heavy atom. The van der Waals surface area contributed by atoms with E-state index in [0.717, 1.165) is 0 Å². The van der Waals surface area contributed by atoms with E-state index in [9.17, 15) is 0 Å². The van der Waals surface area contributed by atoms with Crippen LogP contribution in [0.25, 0.3) is 86.9 Å². The molecule has 0 nitrogen and oxygen atoms in total. The van der Waals surface area contributed by atoms with Crippen LogP contribution in [0.5, 0.6) is 0 Å². The molecule has 2 radical (unpaired) electrons. The van der Waals surface area contributed by atoms with Gasteiger partial charge in [-0.15, -0.1) is 92.9 Å². The summed E-state index contributed by atoms with van der Waals surface area (Å²) in [6.07, 6.45) is 0. The zero-order valence-corrected chi connectivity index (χ0v) is 37.9. The number of hydrogen-bond donors (Lipinski definition) is 0. The number of benzene rings is 8. The van der Waals surface area contributed by atoms with E-state index in [1.807, 2.05) is 0 Å². The standard InChI is InChI=1S/2C25H19.2CH3.2ClH.Si.Zr/c2*1-16-12-23-17(2)10-11-22(25(23)13-16)21-9-5-8-20-14-18-6-3-4-7-19(18)15-24(20)21;;;;;;/h2*3-15H,1-2H3;2*1H3;2*1H;;/q4*-1;;;;. The number of aryl methyl sites for hydroxylation is 4. The molecule has 0 fully saturated rings. The first-order chi connectivity index (χ1) is 25.4. The number of fused-ring (bicyclic) bond motifs is 6. The van der Waals surface area contributed by atoms with Gasteiger partial charge in [0, 0.05) is 0 Å². The van der Waals surface area contributed by atoms with Gasteiger partial charge in [0.2, 0.25) is 0 Å². The molecule has 0 bridgehead atoms. The topological polar surface area (TPSA) is 0 Å². The summed E-state index contributed by atoms with van der Waals surface area (Å²) in [5.74, 6) is 0. The van der Waals surface area contributed by atoms with Crippen molar-refractivity contribution in [1.29, 1.82) is 0 Å². The number of rotatable bonds is 2. The maximum absolute atomic E-state index is 3.06. The minimum atomic E-state index is 0. The normalized spacial score (nSPS) is 10.4. The summed E-state index contributed by atoms with van der Waals surface area (Å²) >= 11 is 1.36. The van der Waals surface area contributed by atoms with E-state index < -0.39 is 0 Å². The molecule has 0 heterocycles. The van der Waals surface area contributed by atoms with Gasteiger partial charge in [0.15, 0.2) is 0 Å². The Kier molecular flexibility index (Phi) is 14.9. The monoisotopic (exact) mass is 858 g/mol. The van der Waals surface area contributed by atoms with Crippen LogP contribution in [0, 0.1) is 42.5 Å². The van der Waals surface area contributed by atoms with E-state index >= 15 is 0 Å². The van der Waals surface area contributed by atoms with Crippen molar-refractivity contribution < 1.29 is 23.3 Å². The Morgan fingerprint density at radius 1 is 0.357 bits per heavy atom. The van der Waals surface area contributed by atoms with Crippen LogP contribution in [0.4, 0.5) is 0 Å². The average Bonchev–Trinajstić information content (AvgIpc) is 3.77. The van der Waals surface area contributed by atoms with Gasteiger partial charge in [0.25, 0.3) is 0 Å². The van der Waals surface area contributed by atoms with Crippen molar-refractivity contribution in [3.05, 3.63) is 195 Å². The van der Waals surface area contributed by atoms with Crippen molar-refractivity contribution in [1.82, 2.24) is 0 Å². The van der Waals surface area contributed by atoms with Crippen LogP contribution >= 0.6 is 24.8 Å². The molecule has 10 rings (SSSR count). The summed E-state index contributed by atoms with van der Waals surface area (Å²) in [6.45, 7) is 11.8. The second kappa shape index (κ2) is 18.8. The Bertz CT molecular complexity index is 2750. The van der Waals surface area contributed by atoms with Crippen molar-refractivity contribution in [3.8, 4) is 22.3 Å². The maximum atomic E-state index is 3.06. The molecule has 10 aromatic carbocycles. The van der Waals surface area contributed by atoms with Gasteiger partial charge in [-0.1, -0.05) is 136 Å². The molecule has 56 heavy (non-hydrogen) atoms. The Morgan fingerprint density at radius 2 is 0.679 bits per heavy atom. The SMILES string of the molecule is Cc1cc2c(-c3cccc4cc5ccccc5cc34)ccc(C)c2[cH-]1.Cc1cc2c(-c3cccc4cc5ccccc5cc34)ccc(C)c2[cH-]1.Cl.Cl.[CH3-].[CH3-].[Si]=[Zr]. The Balaban J connectivity index is 0.000000223. The summed E-state index contributed by atoms with van der Waals surface area (Å²) in [4.78, 5) is 0. The molecule has 0 aliphatic rings. The van der Waals surface area contributed by atoms with E-state index in [0.29, 0.717) is 0 Å². The van der Waals surface area contributed by atoms with Gasteiger partial charge in [0.1, 0.15) is 0 Å². The molecule has 0 aliphatic heterocycles. The van der Waals surface area contributed by atoms with Crippen molar-refractivity contribution in [2.75, 3.05) is 0 Å².